The highest BCUT2D eigenvalue weighted by Crippen LogP contribution is 2.22. The Labute approximate surface area is 171 Å². The molecule has 1 fully saturated rings. The predicted octanol–water partition coefficient (Wildman–Crippen LogP) is 1.62. The molecule has 0 bridgehead atoms. The molecule has 158 valence electrons. The Balaban J connectivity index is 1.81. The Kier molecular flexibility index (Phi) is 8.51. The predicted molar refractivity (Wildman–Crippen MR) is 107 cm³/mol. The van der Waals surface area contributed by atoms with E-state index in [1.807, 2.05) is 13.8 Å². The molecule has 1 aromatic carbocycles. The average molecular weight is 434 g/mol. The Morgan fingerprint density at radius 1 is 1.29 bits per heavy atom. The van der Waals surface area contributed by atoms with Gasteiger partial charge in [0.05, 0.1) is 23.6 Å². The van der Waals surface area contributed by atoms with Crippen LogP contribution < -0.4 is 15.4 Å². The summed E-state index contributed by atoms with van der Waals surface area (Å²) in [5.41, 5.74) is 0. The Morgan fingerprint density at radius 3 is 2.57 bits per heavy atom. The van der Waals surface area contributed by atoms with Gasteiger partial charge in [-0.1, -0.05) is 11.6 Å². The zero-order chi connectivity index (χ0) is 20.7. The number of sulfonamides is 1. The minimum Gasteiger partial charge on any atom is -0.394 e. The topological polar surface area (TPSA) is 117 Å². The van der Waals surface area contributed by atoms with Gasteiger partial charge in [-0.15, -0.1) is 0 Å². The molecule has 1 saturated heterocycles. The van der Waals surface area contributed by atoms with Crippen molar-refractivity contribution in [1.82, 2.24) is 15.4 Å². The van der Waals surface area contributed by atoms with Gasteiger partial charge >= 0.3 is 6.03 Å². The number of benzene rings is 1. The molecule has 10 heteroatoms. The molecule has 0 aromatic heterocycles. The molecule has 0 unspecified atom stereocenters. The summed E-state index contributed by atoms with van der Waals surface area (Å²) in [6.07, 6.45) is 1.05. The van der Waals surface area contributed by atoms with Crippen molar-refractivity contribution < 1.29 is 23.1 Å². The van der Waals surface area contributed by atoms with Crippen molar-refractivity contribution in [3.8, 4) is 0 Å². The number of hydrogen-bond donors (Lipinski definition) is 4. The number of rotatable bonds is 8. The van der Waals surface area contributed by atoms with Crippen molar-refractivity contribution in [3.63, 3.8) is 0 Å². The normalized spacial score (nSPS) is 22.8. The van der Waals surface area contributed by atoms with E-state index in [1.165, 1.54) is 24.3 Å². The zero-order valence-electron chi connectivity index (χ0n) is 16.0. The van der Waals surface area contributed by atoms with E-state index in [1.54, 1.807) is 0 Å². The standard InChI is InChI=1S/C18H28ClN3O5S/c1-12(2)21-18(24)22-16-8-5-14(27-17(16)11-23)9-10-20-28(25,26)15-6-3-13(19)4-7-15/h3-4,6-7,12,14,16-17,20,23H,5,8-11H2,1-2H3,(H2,21,22,24)/t14-,16+,17+/m0/s1. The number of urea groups is 1. The van der Waals surface area contributed by atoms with Gasteiger partial charge in [-0.3, -0.25) is 0 Å². The van der Waals surface area contributed by atoms with E-state index in [-0.39, 0.29) is 42.3 Å². The number of ether oxygens (including phenoxy) is 1. The summed E-state index contributed by atoms with van der Waals surface area (Å²) < 4.78 is 32.9. The number of hydrogen-bond acceptors (Lipinski definition) is 5. The molecular formula is C18H28ClN3O5S. The van der Waals surface area contributed by atoms with Crippen LogP contribution in [0.4, 0.5) is 4.79 Å². The summed E-state index contributed by atoms with van der Waals surface area (Å²) in [6, 6.07) is 5.37. The largest absolute Gasteiger partial charge is 0.394 e. The number of carbonyl (C=O) groups excluding carboxylic acids is 1. The minimum absolute atomic E-state index is 0.0125. The number of nitrogens with one attached hydrogen (secondary N) is 3. The van der Waals surface area contributed by atoms with Crippen LogP contribution in [-0.4, -0.2) is 57.0 Å². The lowest BCUT2D eigenvalue weighted by Gasteiger charge is -2.36. The van der Waals surface area contributed by atoms with Gasteiger partial charge in [-0.2, -0.15) is 0 Å². The molecule has 28 heavy (non-hydrogen) atoms. The average Bonchev–Trinajstić information content (AvgIpc) is 2.62. The van der Waals surface area contributed by atoms with Crippen LogP contribution in [0.25, 0.3) is 0 Å². The molecule has 3 atom stereocenters. The van der Waals surface area contributed by atoms with Crippen molar-refractivity contribution in [2.75, 3.05) is 13.2 Å². The molecule has 0 spiro atoms. The van der Waals surface area contributed by atoms with Gasteiger partial charge in [0.15, 0.2) is 0 Å². The van der Waals surface area contributed by atoms with E-state index >= 15 is 0 Å². The quantitative estimate of drug-likeness (QED) is 0.497. The van der Waals surface area contributed by atoms with Crippen molar-refractivity contribution in [2.24, 2.45) is 0 Å². The third kappa shape index (κ3) is 6.89. The highest BCUT2D eigenvalue weighted by Gasteiger charge is 2.32. The molecular weight excluding hydrogens is 406 g/mol. The van der Waals surface area contributed by atoms with E-state index in [9.17, 15) is 18.3 Å². The highest BCUT2D eigenvalue weighted by molar-refractivity contribution is 7.89. The summed E-state index contributed by atoms with van der Waals surface area (Å²) in [6.45, 7) is 3.71. The molecule has 2 rings (SSSR count). The molecule has 1 aromatic rings. The maximum Gasteiger partial charge on any atom is 0.315 e. The van der Waals surface area contributed by atoms with Gasteiger partial charge in [0.25, 0.3) is 0 Å². The monoisotopic (exact) mass is 433 g/mol. The fourth-order valence-electron chi connectivity index (χ4n) is 3.03. The molecule has 8 nitrogen and oxygen atoms in total. The van der Waals surface area contributed by atoms with Gasteiger partial charge in [0, 0.05) is 17.6 Å². The first kappa shape index (κ1) is 22.9. The number of halogens is 1. The SMILES string of the molecule is CC(C)NC(=O)N[C@@H]1CC[C@@H](CCNS(=O)(=O)c2ccc(Cl)cc2)O[C@@H]1CO. The fraction of sp³-hybridized carbons (Fsp3) is 0.611. The zero-order valence-corrected chi connectivity index (χ0v) is 17.6. The Hall–Kier alpha value is -1.39. The third-order valence-corrected chi connectivity index (χ3v) is 6.14. The highest BCUT2D eigenvalue weighted by atomic mass is 35.5. The molecule has 0 radical (unpaired) electrons. The van der Waals surface area contributed by atoms with Crippen LogP contribution in [0, 0.1) is 0 Å². The maximum absolute atomic E-state index is 12.3. The molecule has 0 saturated carbocycles. The lowest BCUT2D eigenvalue weighted by molar-refractivity contribution is -0.0886. The van der Waals surface area contributed by atoms with Crippen molar-refractivity contribution in [3.05, 3.63) is 29.3 Å². The second-order valence-corrected chi connectivity index (χ2v) is 9.28. The molecule has 4 N–H and O–H groups in total. The second kappa shape index (κ2) is 10.4. The molecule has 2 amide bonds. The Bertz CT molecular complexity index is 742. The van der Waals surface area contributed by atoms with Crippen LogP contribution in [0.3, 0.4) is 0 Å². The van der Waals surface area contributed by atoms with Gasteiger partial charge in [0.2, 0.25) is 10.0 Å². The first-order valence-electron chi connectivity index (χ1n) is 9.30. The lowest BCUT2D eigenvalue weighted by Crippen LogP contribution is -2.54. The van der Waals surface area contributed by atoms with Crippen molar-refractivity contribution in [2.45, 2.75) is 62.3 Å². The fourth-order valence-corrected chi connectivity index (χ4v) is 4.21. The summed E-state index contributed by atoms with van der Waals surface area (Å²) in [5, 5.41) is 15.6. The van der Waals surface area contributed by atoms with Crippen LogP contribution in [0.1, 0.15) is 33.1 Å². The number of carbonyl (C=O) groups is 1. The number of aliphatic hydroxyl groups is 1. The molecule has 1 aliphatic rings. The summed E-state index contributed by atoms with van der Waals surface area (Å²) in [7, 11) is -3.61. The molecule has 0 aliphatic carbocycles. The summed E-state index contributed by atoms with van der Waals surface area (Å²) in [4.78, 5) is 12.0. The first-order chi connectivity index (χ1) is 13.2. The van der Waals surface area contributed by atoms with Crippen LogP contribution in [0.5, 0.6) is 0 Å². The van der Waals surface area contributed by atoms with Gasteiger partial charge < -0.3 is 20.5 Å². The van der Waals surface area contributed by atoms with Crippen LogP contribution in [-0.2, 0) is 14.8 Å². The van der Waals surface area contributed by atoms with E-state index in [0.29, 0.717) is 24.3 Å². The smallest absolute Gasteiger partial charge is 0.315 e. The van der Waals surface area contributed by atoms with Crippen LogP contribution >= 0.6 is 11.6 Å². The first-order valence-corrected chi connectivity index (χ1v) is 11.2. The maximum atomic E-state index is 12.3. The number of amides is 2. The van der Waals surface area contributed by atoms with Gasteiger partial charge in [-0.05, 0) is 57.4 Å². The van der Waals surface area contributed by atoms with Crippen molar-refractivity contribution in [1.29, 1.82) is 0 Å². The van der Waals surface area contributed by atoms with E-state index in [2.05, 4.69) is 15.4 Å². The second-order valence-electron chi connectivity index (χ2n) is 7.08. The third-order valence-electron chi connectivity index (χ3n) is 4.41. The van der Waals surface area contributed by atoms with Gasteiger partial charge in [0.1, 0.15) is 6.10 Å². The molecule has 1 heterocycles. The van der Waals surface area contributed by atoms with E-state index in [0.717, 1.165) is 0 Å². The van der Waals surface area contributed by atoms with Gasteiger partial charge in [-0.25, -0.2) is 17.9 Å². The van der Waals surface area contributed by atoms with Crippen molar-refractivity contribution >= 4 is 27.7 Å². The van der Waals surface area contributed by atoms with E-state index < -0.39 is 16.1 Å². The molecule has 1 aliphatic heterocycles. The Morgan fingerprint density at radius 2 is 1.96 bits per heavy atom. The summed E-state index contributed by atoms with van der Waals surface area (Å²) in [5.74, 6) is 0. The minimum atomic E-state index is -3.61. The lowest BCUT2D eigenvalue weighted by atomic mass is 9.97. The van der Waals surface area contributed by atoms with Crippen LogP contribution in [0.2, 0.25) is 5.02 Å². The van der Waals surface area contributed by atoms with E-state index in [4.69, 9.17) is 16.3 Å². The summed E-state index contributed by atoms with van der Waals surface area (Å²) >= 11 is 5.78. The number of aliphatic hydroxyl groups excluding tert-OH is 1. The van der Waals surface area contributed by atoms with Crippen LogP contribution in [0.15, 0.2) is 29.2 Å².